The summed E-state index contributed by atoms with van der Waals surface area (Å²) in [6.07, 6.45) is 2.61. The molecule has 2 aromatic carbocycles. The molecule has 2 heterocycles. The van der Waals surface area contributed by atoms with Crippen molar-refractivity contribution in [2.75, 3.05) is 53.1 Å². The van der Waals surface area contributed by atoms with Gasteiger partial charge in [-0.15, -0.1) is 0 Å². The first kappa shape index (κ1) is 27.5. The summed E-state index contributed by atoms with van der Waals surface area (Å²) >= 11 is 0. The molecule has 9 heteroatoms. The van der Waals surface area contributed by atoms with Gasteiger partial charge in [0.1, 0.15) is 11.5 Å². The number of phenolic OH excluding ortho intramolecular Hbond substituents is 1. The number of ether oxygens (including phenoxy) is 3. The summed E-state index contributed by atoms with van der Waals surface area (Å²) in [5.41, 5.74) is 0.981. The van der Waals surface area contributed by atoms with Crippen LogP contribution in [0.2, 0.25) is 0 Å². The van der Waals surface area contributed by atoms with Gasteiger partial charge in [-0.2, -0.15) is 0 Å². The van der Waals surface area contributed by atoms with E-state index in [1.54, 1.807) is 36.4 Å². The van der Waals surface area contributed by atoms with E-state index in [2.05, 4.69) is 11.8 Å². The number of ketones is 1. The molecule has 0 saturated carbocycles. The Balaban J connectivity index is 1.65. The number of carbonyl (C=O) groups is 2. The molecule has 0 radical (unpaired) electrons. The van der Waals surface area contributed by atoms with Gasteiger partial charge >= 0.3 is 0 Å². The minimum atomic E-state index is -0.824. The molecule has 4 rings (SSSR count). The molecule has 0 aromatic heterocycles. The van der Waals surface area contributed by atoms with Crippen molar-refractivity contribution < 1.29 is 34.0 Å². The van der Waals surface area contributed by atoms with E-state index in [0.717, 1.165) is 32.5 Å². The van der Waals surface area contributed by atoms with Crippen molar-refractivity contribution in [3.63, 3.8) is 0 Å². The van der Waals surface area contributed by atoms with Gasteiger partial charge in [0.2, 0.25) is 0 Å². The van der Waals surface area contributed by atoms with Crippen LogP contribution in [0.25, 0.3) is 5.76 Å². The van der Waals surface area contributed by atoms with Crippen molar-refractivity contribution in [3.05, 3.63) is 59.2 Å². The third-order valence-corrected chi connectivity index (χ3v) is 6.93. The summed E-state index contributed by atoms with van der Waals surface area (Å²) in [7, 11) is 1.43. The number of Topliss-reactive ketones (excluding diaryl/α,β-unsaturated/α-hetero) is 1. The molecule has 2 N–H and O–H groups in total. The molecular formula is C29H36N2O7. The Labute approximate surface area is 223 Å². The number of carbonyl (C=O) groups excluding carboxylic acids is 2. The fourth-order valence-electron chi connectivity index (χ4n) is 4.81. The van der Waals surface area contributed by atoms with Crippen molar-refractivity contribution in [2.45, 2.75) is 32.2 Å². The molecule has 2 aliphatic rings. The highest BCUT2D eigenvalue weighted by Crippen LogP contribution is 2.42. The number of likely N-dealkylation sites (tertiary alicyclic amines) is 1. The van der Waals surface area contributed by atoms with Gasteiger partial charge in [0.05, 0.1) is 38.5 Å². The standard InChI is InChI=1S/C29H36N2O7/c1-3-4-16-38-22-9-6-20(7-10-22)27(33)25-26(21-8-11-23(32)24(19-21)36-2)31(29(35)28(25)34)13-5-12-30-14-17-37-18-15-30/h6-11,19,26,32-33H,3-5,12-18H2,1-2H3/b27-25+. The van der Waals surface area contributed by atoms with Crippen LogP contribution in [0, 0.1) is 0 Å². The van der Waals surface area contributed by atoms with Gasteiger partial charge in [-0.25, -0.2) is 0 Å². The lowest BCUT2D eigenvalue weighted by Crippen LogP contribution is -2.38. The van der Waals surface area contributed by atoms with Crippen molar-refractivity contribution in [2.24, 2.45) is 0 Å². The number of phenols is 1. The zero-order valence-corrected chi connectivity index (χ0v) is 22.0. The van der Waals surface area contributed by atoms with Crippen LogP contribution in [0.15, 0.2) is 48.0 Å². The van der Waals surface area contributed by atoms with Gasteiger partial charge < -0.3 is 29.3 Å². The van der Waals surface area contributed by atoms with E-state index < -0.39 is 17.7 Å². The Bertz CT molecular complexity index is 1160. The average Bonchev–Trinajstić information content (AvgIpc) is 3.19. The molecule has 2 saturated heterocycles. The second-order valence-electron chi connectivity index (χ2n) is 9.46. The number of benzene rings is 2. The van der Waals surface area contributed by atoms with E-state index in [4.69, 9.17) is 14.2 Å². The van der Waals surface area contributed by atoms with Crippen LogP contribution in [0.4, 0.5) is 0 Å². The average molecular weight is 525 g/mol. The maximum absolute atomic E-state index is 13.3. The molecule has 0 spiro atoms. The summed E-state index contributed by atoms with van der Waals surface area (Å²) < 4.78 is 16.4. The third kappa shape index (κ3) is 6.11. The first-order valence-corrected chi connectivity index (χ1v) is 13.1. The minimum absolute atomic E-state index is 0.00812. The molecule has 0 bridgehead atoms. The minimum Gasteiger partial charge on any atom is -0.507 e. The number of morpholine rings is 1. The molecule has 0 aliphatic carbocycles. The number of hydrogen-bond acceptors (Lipinski definition) is 8. The molecule has 1 unspecified atom stereocenters. The van der Waals surface area contributed by atoms with Crippen LogP contribution in [-0.4, -0.2) is 84.8 Å². The largest absolute Gasteiger partial charge is 0.507 e. The zero-order valence-electron chi connectivity index (χ0n) is 22.0. The van der Waals surface area contributed by atoms with E-state index in [-0.39, 0.29) is 22.8 Å². The molecule has 2 aromatic rings. The third-order valence-electron chi connectivity index (χ3n) is 6.93. The number of nitrogens with zero attached hydrogens (tertiary/aromatic N) is 2. The molecule has 2 fully saturated rings. The number of rotatable bonds is 11. The number of aliphatic hydroxyl groups is 1. The van der Waals surface area contributed by atoms with Crippen LogP contribution < -0.4 is 9.47 Å². The predicted octanol–water partition coefficient (Wildman–Crippen LogP) is 3.72. The van der Waals surface area contributed by atoms with Crippen molar-refractivity contribution in [3.8, 4) is 17.2 Å². The smallest absolute Gasteiger partial charge is 0.295 e. The molecule has 9 nitrogen and oxygen atoms in total. The van der Waals surface area contributed by atoms with Crippen LogP contribution in [0.1, 0.15) is 43.4 Å². The van der Waals surface area contributed by atoms with Gasteiger partial charge in [0, 0.05) is 31.7 Å². The van der Waals surface area contributed by atoms with Gasteiger partial charge in [-0.05, 0) is 54.8 Å². The summed E-state index contributed by atoms with van der Waals surface area (Å²) in [6, 6.07) is 10.7. The number of methoxy groups -OCH3 is 1. The second-order valence-corrected chi connectivity index (χ2v) is 9.46. The Hall–Kier alpha value is -3.56. The quantitative estimate of drug-likeness (QED) is 0.198. The lowest BCUT2D eigenvalue weighted by atomic mass is 9.95. The Morgan fingerprint density at radius 1 is 1.05 bits per heavy atom. The van der Waals surface area contributed by atoms with Gasteiger partial charge in [-0.3, -0.25) is 14.5 Å². The number of hydrogen-bond donors (Lipinski definition) is 2. The highest BCUT2D eigenvalue weighted by atomic mass is 16.5. The first-order valence-electron chi connectivity index (χ1n) is 13.1. The van der Waals surface area contributed by atoms with Crippen LogP contribution in [0.5, 0.6) is 17.2 Å². The summed E-state index contributed by atoms with van der Waals surface area (Å²) in [5.74, 6) is -0.831. The van der Waals surface area contributed by atoms with Crippen molar-refractivity contribution in [1.82, 2.24) is 9.80 Å². The number of amides is 1. The first-order chi connectivity index (χ1) is 18.4. The van der Waals surface area contributed by atoms with E-state index in [1.807, 2.05) is 0 Å². The lowest BCUT2D eigenvalue weighted by Gasteiger charge is -2.29. The highest BCUT2D eigenvalue weighted by Gasteiger charge is 2.46. The Morgan fingerprint density at radius 2 is 1.79 bits per heavy atom. The number of aliphatic hydroxyl groups excluding tert-OH is 1. The molecule has 38 heavy (non-hydrogen) atoms. The van der Waals surface area contributed by atoms with Crippen molar-refractivity contribution in [1.29, 1.82) is 0 Å². The second kappa shape index (κ2) is 12.8. The molecule has 1 atom stereocenters. The van der Waals surface area contributed by atoms with E-state index in [1.165, 1.54) is 18.1 Å². The maximum Gasteiger partial charge on any atom is 0.295 e. The molecule has 1 amide bonds. The lowest BCUT2D eigenvalue weighted by molar-refractivity contribution is -0.140. The summed E-state index contributed by atoms with van der Waals surface area (Å²) in [4.78, 5) is 30.3. The van der Waals surface area contributed by atoms with Crippen LogP contribution >= 0.6 is 0 Å². The van der Waals surface area contributed by atoms with Crippen LogP contribution in [0.3, 0.4) is 0 Å². The van der Waals surface area contributed by atoms with E-state index in [9.17, 15) is 19.8 Å². The fourth-order valence-corrected chi connectivity index (χ4v) is 4.81. The van der Waals surface area contributed by atoms with Crippen molar-refractivity contribution >= 4 is 17.4 Å². The molecule has 204 valence electrons. The predicted molar refractivity (Wildman–Crippen MR) is 142 cm³/mol. The maximum atomic E-state index is 13.3. The number of unbranched alkanes of at least 4 members (excludes halogenated alkanes) is 1. The Kier molecular flexibility index (Phi) is 9.25. The molecule has 2 aliphatic heterocycles. The van der Waals surface area contributed by atoms with Gasteiger partial charge in [0.15, 0.2) is 11.5 Å². The van der Waals surface area contributed by atoms with Crippen LogP contribution in [-0.2, 0) is 14.3 Å². The van der Waals surface area contributed by atoms with Gasteiger partial charge in [-0.1, -0.05) is 19.4 Å². The Morgan fingerprint density at radius 3 is 2.47 bits per heavy atom. The van der Waals surface area contributed by atoms with E-state index >= 15 is 0 Å². The summed E-state index contributed by atoms with van der Waals surface area (Å²) in [6.45, 7) is 6.79. The van der Waals surface area contributed by atoms with E-state index in [0.29, 0.717) is 49.7 Å². The molecular weight excluding hydrogens is 488 g/mol. The highest BCUT2D eigenvalue weighted by molar-refractivity contribution is 6.46. The number of aromatic hydroxyl groups is 1. The fraction of sp³-hybridized carbons (Fsp3) is 0.448. The monoisotopic (exact) mass is 524 g/mol. The summed E-state index contributed by atoms with van der Waals surface area (Å²) in [5, 5.41) is 21.4. The normalized spacial score (nSPS) is 19.6. The topological polar surface area (TPSA) is 109 Å². The zero-order chi connectivity index (χ0) is 27.1. The SMILES string of the molecule is CCCCOc1ccc(/C(O)=C2\C(=O)C(=O)N(CCCN3CCOCC3)C2c2ccc(O)c(OC)c2)cc1. The van der Waals surface area contributed by atoms with Gasteiger partial charge in [0.25, 0.3) is 11.7 Å².